The van der Waals surface area contributed by atoms with Crippen molar-refractivity contribution in [3.8, 4) is 11.3 Å². The molecule has 4 aromatic carbocycles. The molecule has 4 heterocycles. The van der Waals surface area contributed by atoms with Crippen LogP contribution in [0.4, 0.5) is 26.1 Å². The maximum Gasteiger partial charge on any atom is 0.255 e. The molecule has 17 nitrogen and oxygen atoms in total. The number of benzene rings is 4. The van der Waals surface area contributed by atoms with Gasteiger partial charge in [-0.2, -0.15) is 0 Å². The Kier molecular flexibility index (Phi) is 15.5. The van der Waals surface area contributed by atoms with Gasteiger partial charge in [-0.25, -0.2) is 18.7 Å². The van der Waals surface area contributed by atoms with Gasteiger partial charge in [-0.1, -0.05) is 23.7 Å². The molecule has 0 aliphatic carbocycles. The van der Waals surface area contributed by atoms with E-state index in [2.05, 4.69) is 36.6 Å². The standard InChI is InChI=1S/C48H46ClF2N9O8/c49-31-6-10-35-36(23-31)44(42-37(50)2-1-3-38(42)51)54-24-30-25-55-48(59-43(30)35)57-32-7-4-28(5-8-32)45(63)53-15-17-67-19-21-68-20-18-66-16-14-52-26-41(62)56-33-9-11-34-29(22-33)27-60(47(34)65)39-12-13-40(61)58-46(39)64/h1-11,22-23,25,39,52H,12-21,24,26-27H2,(H,53,63)(H,56,62)(H,55,57,59)(H,58,61,64). The van der Waals surface area contributed by atoms with Crippen LogP contribution in [-0.2, 0) is 41.7 Å². The second kappa shape index (κ2) is 22.2. The number of aromatic nitrogens is 2. The molecule has 1 fully saturated rings. The van der Waals surface area contributed by atoms with Gasteiger partial charge >= 0.3 is 0 Å². The monoisotopic (exact) mass is 949 g/mol. The van der Waals surface area contributed by atoms with Gasteiger partial charge < -0.3 is 40.4 Å². The number of hydrogen-bond acceptors (Lipinski definition) is 13. The number of carbonyl (C=O) groups excluding carboxylic acids is 5. The van der Waals surface area contributed by atoms with E-state index in [1.807, 2.05) is 0 Å². The fraction of sp³-hybridized carbons (Fsp3) is 0.292. The normalized spacial score (nSPS) is 15.2. The highest BCUT2D eigenvalue weighted by molar-refractivity contribution is 6.31. The lowest BCUT2D eigenvalue weighted by Gasteiger charge is -2.29. The number of halogens is 3. The molecule has 5 N–H and O–H groups in total. The summed E-state index contributed by atoms with van der Waals surface area (Å²) < 4.78 is 46.5. The van der Waals surface area contributed by atoms with E-state index in [9.17, 15) is 32.8 Å². The highest BCUT2D eigenvalue weighted by atomic mass is 35.5. The minimum absolute atomic E-state index is 0.0483. The Labute approximate surface area is 394 Å². The largest absolute Gasteiger partial charge is 0.378 e. The van der Waals surface area contributed by atoms with Crippen LogP contribution in [-0.4, -0.2) is 115 Å². The number of amides is 5. The molecular weight excluding hydrogens is 904 g/mol. The summed E-state index contributed by atoms with van der Waals surface area (Å²) in [5, 5.41) is 14.5. The van der Waals surface area contributed by atoms with Gasteiger partial charge in [0, 0.05) is 76.5 Å². The van der Waals surface area contributed by atoms with Crippen LogP contribution in [0.2, 0.25) is 5.02 Å². The number of nitrogens with zero attached hydrogens (tertiary/aromatic N) is 4. The summed E-state index contributed by atoms with van der Waals surface area (Å²) in [6, 6.07) is 19.7. The third kappa shape index (κ3) is 11.6. The molecule has 1 saturated heterocycles. The van der Waals surface area contributed by atoms with E-state index in [0.717, 1.165) is 0 Å². The summed E-state index contributed by atoms with van der Waals surface area (Å²) in [4.78, 5) is 77.1. The number of imide groups is 1. The summed E-state index contributed by atoms with van der Waals surface area (Å²) in [7, 11) is 0. The number of carbonyl (C=O) groups is 5. The zero-order chi connectivity index (χ0) is 47.6. The number of aliphatic imine (C=N–C) groups is 1. The predicted molar refractivity (Wildman–Crippen MR) is 247 cm³/mol. The highest BCUT2D eigenvalue weighted by Gasteiger charge is 2.39. The van der Waals surface area contributed by atoms with Gasteiger partial charge in [0.2, 0.25) is 23.7 Å². The first kappa shape index (κ1) is 47.5. The van der Waals surface area contributed by atoms with Crippen molar-refractivity contribution in [1.82, 2.24) is 30.8 Å². The van der Waals surface area contributed by atoms with Crippen molar-refractivity contribution < 1.29 is 47.0 Å². The zero-order valence-electron chi connectivity index (χ0n) is 36.5. The average Bonchev–Trinajstić information content (AvgIpc) is 3.56. The fourth-order valence-corrected chi connectivity index (χ4v) is 8.01. The Morgan fingerprint density at radius 3 is 2.26 bits per heavy atom. The molecule has 1 atom stereocenters. The van der Waals surface area contributed by atoms with Crippen molar-refractivity contribution in [3.63, 3.8) is 0 Å². The number of anilines is 3. The van der Waals surface area contributed by atoms with Crippen molar-refractivity contribution in [2.45, 2.75) is 32.0 Å². The molecule has 3 aliphatic rings. The van der Waals surface area contributed by atoms with Gasteiger partial charge in [0.1, 0.15) is 17.7 Å². The minimum Gasteiger partial charge on any atom is -0.378 e. The van der Waals surface area contributed by atoms with Gasteiger partial charge in [-0.15, -0.1) is 0 Å². The van der Waals surface area contributed by atoms with Crippen LogP contribution in [0.15, 0.2) is 90.1 Å². The second-order valence-corrected chi connectivity index (χ2v) is 16.2. The summed E-state index contributed by atoms with van der Waals surface area (Å²) in [6.45, 7) is 3.09. The zero-order valence-corrected chi connectivity index (χ0v) is 37.3. The Balaban J connectivity index is 0.670. The predicted octanol–water partition coefficient (Wildman–Crippen LogP) is 4.94. The molecular formula is C48H46ClF2N9O8. The topological polar surface area (TPSA) is 215 Å². The van der Waals surface area contributed by atoms with Crippen LogP contribution < -0.4 is 26.6 Å². The molecule has 1 unspecified atom stereocenters. The van der Waals surface area contributed by atoms with E-state index in [-0.39, 0.29) is 86.5 Å². The lowest BCUT2D eigenvalue weighted by Crippen LogP contribution is -2.52. The van der Waals surface area contributed by atoms with Gasteiger partial charge in [-0.3, -0.25) is 34.3 Å². The number of piperidine rings is 1. The highest BCUT2D eigenvalue weighted by Crippen LogP contribution is 2.35. The van der Waals surface area contributed by atoms with E-state index < -0.39 is 23.6 Å². The van der Waals surface area contributed by atoms with Crippen LogP contribution in [0.3, 0.4) is 0 Å². The minimum atomic E-state index is -0.742. The van der Waals surface area contributed by atoms with Crippen molar-refractivity contribution in [1.29, 1.82) is 0 Å². The molecule has 352 valence electrons. The molecule has 5 amide bonds. The number of hydrogen-bond donors (Lipinski definition) is 5. The SMILES string of the molecule is O=C1CCC(N2Cc3cc(NC(=O)CNCCOCCOCCOCCNC(=O)c4ccc(Nc5ncc6c(n5)-c5ccc(Cl)cc5C(c5c(F)cccc5F)=NC6)cc4)ccc3C2=O)C(=O)N1. The summed E-state index contributed by atoms with van der Waals surface area (Å²) >= 11 is 6.34. The quantitative estimate of drug-likeness (QED) is 0.0519. The molecule has 0 bridgehead atoms. The molecule has 68 heavy (non-hydrogen) atoms. The first-order valence-corrected chi connectivity index (χ1v) is 22.2. The summed E-state index contributed by atoms with van der Waals surface area (Å²) in [6.07, 6.45) is 2.06. The first-order valence-electron chi connectivity index (χ1n) is 21.8. The lowest BCUT2D eigenvalue weighted by atomic mass is 9.95. The third-order valence-electron chi connectivity index (χ3n) is 11.2. The smallest absolute Gasteiger partial charge is 0.255 e. The summed E-state index contributed by atoms with van der Waals surface area (Å²) in [5.41, 5.74) is 4.85. The van der Waals surface area contributed by atoms with E-state index in [0.29, 0.717) is 95.1 Å². The van der Waals surface area contributed by atoms with Crippen LogP contribution in [0, 0.1) is 11.6 Å². The molecule has 0 radical (unpaired) electrons. The van der Waals surface area contributed by atoms with Gasteiger partial charge in [0.25, 0.3) is 11.8 Å². The Morgan fingerprint density at radius 2 is 1.51 bits per heavy atom. The Morgan fingerprint density at radius 1 is 0.809 bits per heavy atom. The molecule has 1 aromatic heterocycles. The number of rotatable bonds is 20. The molecule has 0 saturated carbocycles. The lowest BCUT2D eigenvalue weighted by molar-refractivity contribution is -0.137. The van der Waals surface area contributed by atoms with Gasteiger partial charge in [0.05, 0.1) is 69.7 Å². The molecule has 20 heteroatoms. The molecule has 3 aliphatic heterocycles. The van der Waals surface area contributed by atoms with E-state index >= 15 is 0 Å². The number of fused-ring (bicyclic) bond motifs is 4. The van der Waals surface area contributed by atoms with Crippen LogP contribution in [0.1, 0.15) is 55.8 Å². The molecule has 0 spiro atoms. The van der Waals surface area contributed by atoms with Crippen LogP contribution in [0.5, 0.6) is 0 Å². The number of nitrogens with one attached hydrogen (secondary N) is 5. The van der Waals surface area contributed by atoms with E-state index in [1.54, 1.807) is 66.9 Å². The van der Waals surface area contributed by atoms with E-state index in [4.69, 9.17) is 30.8 Å². The second-order valence-electron chi connectivity index (χ2n) is 15.8. The Bertz CT molecular complexity index is 2740. The maximum absolute atomic E-state index is 14.9. The fourth-order valence-electron chi connectivity index (χ4n) is 7.84. The first-order chi connectivity index (χ1) is 33.0. The maximum atomic E-state index is 14.9. The van der Waals surface area contributed by atoms with Crippen molar-refractivity contribution in [2.75, 3.05) is 69.9 Å². The van der Waals surface area contributed by atoms with Crippen molar-refractivity contribution >= 4 is 64.2 Å². The molecule has 5 aromatic rings. The van der Waals surface area contributed by atoms with Crippen LogP contribution >= 0.6 is 11.6 Å². The van der Waals surface area contributed by atoms with Crippen molar-refractivity contribution in [3.05, 3.63) is 135 Å². The average molecular weight is 950 g/mol. The van der Waals surface area contributed by atoms with Gasteiger partial charge in [-0.05, 0) is 78.7 Å². The van der Waals surface area contributed by atoms with Gasteiger partial charge in [0.15, 0.2) is 0 Å². The number of ether oxygens (including phenoxy) is 3. The molecule has 8 rings (SSSR count). The van der Waals surface area contributed by atoms with Crippen molar-refractivity contribution in [2.24, 2.45) is 4.99 Å². The Hall–Kier alpha value is -7.03. The third-order valence-corrected chi connectivity index (χ3v) is 11.4. The van der Waals surface area contributed by atoms with Crippen LogP contribution in [0.25, 0.3) is 11.3 Å². The van der Waals surface area contributed by atoms with E-state index in [1.165, 1.54) is 23.1 Å². The summed E-state index contributed by atoms with van der Waals surface area (Å²) in [5.74, 6) is -2.86.